The van der Waals surface area contributed by atoms with Crippen molar-refractivity contribution < 1.29 is 13.2 Å². The van der Waals surface area contributed by atoms with Crippen molar-refractivity contribution in [1.29, 1.82) is 0 Å². The number of hydrogen-bond donors (Lipinski definition) is 2. The summed E-state index contributed by atoms with van der Waals surface area (Å²) < 4.78 is 26.8. The highest BCUT2D eigenvalue weighted by Gasteiger charge is 2.27. The standard InChI is InChI=1S/C13H20N2O3S/c1-9(2)12(13(16)14-4)15-19(17,18)11-7-5-10(3)6-8-11/h5-9,12,15H,1-4H3,(H,14,16). The van der Waals surface area contributed by atoms with Crippen LogP contribution < -0.4 is 10.0 Å². The quantitative estimate of drug-likeness (QED) is 0.848. The second-order valence-corrected chi connectivity index (χ2v) is 6.48. The normalized spacial score (nSPS) is 13.3. The van der Waals surface area contributed by atoms with Crippen LogP contribution in [0.2, 0.25) is 0 Å². The van der Waals surface area contributed by atoms with Crippen molar-refractivity contribution in [2.24, 2.45) is 5.92 Å². The molecule has 0 saturated carbocycles. The average Bonchev–Trinajstić information content (AvgIpc) is 2.35. The van der Waals surface area contributed by atoms with Gasteiger partial charge in [-0.3, -0.25) is 4.79 Å². The molecule has 0 fully saturated rings. The van der Waals surface area contributed by atoms with Crippen LogP contribution in [0.25, 0.3) is 0 Å². The number of rotatable bonds is 5. The molecule has 0 radical (unpaired) electrons. The number of hydrogen-bond acceptors (Lipinski definition) is 3. The van der Waals surface area contributed by atoms with Gasteiger partial charge in [0.2, 0.25) is 15.9 Å². The van der Waals surface area contributed by atoms with Gasteiger partial charge in [0.15, 0.2) is 0 Å². The van der Waals surface area contributed by atoms with Crippen LogP contribution in [0.4, 0.5) is 0 Å². The molecule has 0 bridgehead atoms. The largest absolute Gasteiger partial charge is 0.358 e. The van der Waals surface area contributed by atoms with Crippen LogP contribution >= 0.6 is 0 Å². The molecule has 1 rings (SSSR count). The Morgan fingerprint density at radius 3 is 2.11 bits per heavy atom. The summed E-state index contributed by atoms with van der Waals surface area (Å²) >= 11 is 0. The number of likely N-dealkylation sites (N-methyl/N-ethyl adjacent to an activating group) is 1. The molecule has 1 amide bonds. The van der Waals surface area contributed by atoms with E-state index in [9.17, 15) is 13.2 Å². The Morgan fingerprint density at radius 1 is 1.16 bits per heavy atom. The fraction of sp³-hybridized carbons (Fsp3) is 0.462. The molecule has 0 spiro atoms. The summed E-state index contributed by atoms with van der Waals surface area (Å²) in [7, 11) is -2.20. The molecule has 6 heteroatoms. The molecule has 2 N–H and O–H groups in total. The Morgan fingerprint density at radius 2 is 1.68 bits per heavy atom. The predicted octanol–water partition coefficient (Wildman–Crippen LogP) is 1.04. The summed E-state index contributed by atoms with van der Waals surface area (Å²) in [6.07, 6.45) is 0. The highest BCUT2D eigenvalue weighted by molar-refractivity contribution is 7.89. The lowest BCUT2D eigenvalue weighted by molar-refractivity contribution is -0.123. The molecule has 1 aromatic rings. The van der Waals surface area contributed by atoms with Crippen LogP contribution in [0.1, 0.15) is 19.4 Å². The first-order valence-electron chi connectivity index (χ1n) is 6.08. The fourth-order valence-electron chi connectivity index (χ4n) is 1.60. The molecule has 0 aliphatic heterocycles. The first-order valence-corrected chi connectivity index (χ1v) is 7.57. The Hall–Kier alpha value is -1.40. The third-order valence-electron chi connectivity index (χ3n) is 2.81. The number of sulfonamides is 1. The topological polar surface area (TPSA) is 75.3 Å². The number of carbonyl (C=O) groups is 1. The van der Waals surface area contributed by atoms with Gasteiger partial charge in [-0.15, -0.1) is 0 Å². The van der Waals surface area contributed by atoms with E-state index >= 15 is 0 Å². The van der Waals surface area contributed by atoms with Crippen molar-refractivity contribution in [2.45, 2.75) is 31.7 Å². The highest BCUT2D eigenvalue weighted by Crippen LogP contribution is 2.12. The van der Waals surface area contributed by atoms with Gasteiger partial charge < -0.3 is 5.32 Å². The molecule has 1 aromatic carbocycles. The number of nitrogens with one attached hydrogen (secondary N) is 2. The average molecular weight is 284 g/mol. The van der Waals surface area contributed by atoms with E-state index in [1.165, 1.54) is 19.2 Å². The van der Waals surface area contributed by atoms with Crippen LogP contribution in [-0.2, 0) is 14.8 Å². The molecule has 0 heterocycles. The van der Waals surface area contributed by atoms with E-state index in [1.54, 1.807) is 26.0 Å². The zero-order valence-corrected chi connectivity index (χ0v) is 12.4. The summed E-state index contributed by atoms with van der Waals surface area (Å²) in [5.74, 6) is -0.481. The zero-order valence-electron chi connectivity index (χ0n) is 11.6. The van der Waals surface area contributed by atoms with Gasteiger partial charge in [0.1, 0.15) is 6.04 Å². The predicted molar refractivity (Wildman–Crippen MR) is 74.2 cm³/mol. The number of carbonyl (C=O) groups excluding carboxylic acids is 1. The van der Waals surface area contributed by atoms with Crippen molar-refractivity contribution in [2.75, 3.05) is 7.05 Å². The van der Waals surface area contributed by atoms with Crippen LogP contribution in [0, 0.1) is 12.8 Å². The molecule has 1 atom stereocenters. The van der Waals surface area contributed by atoms with Gasteiger partial charge in [-0.25, -0.2) is 8.42 Å². The molecule has 106 valence electrons. The first kappa shape index (κ1) is 15.7. The van der Waals surface area contributed by atoms with Crippen LogP contribution in [0.15, 0.2) is 29.2 Å². The molecule has 19 heavy (non-hydrogen) atoms. The van der Waals surface area contributed by atoms with Gasteiger partial charge in [0, 0.05) is 7.05 Å². The smallest absolute Gasteiger partial charge is 0.241 e. The van der Waals surface area contributed by atoms with Gasteiger partial charge in [0.05, 0.1) is 4.90 Å². The number of amides is 1. The molecule has 0 aliphatic rings. The summed E-state index contributed by atoms with van der Waals surface area (Å²) in [6, 6.07) is 5.71. The highest BCUT2D eigenvalue weighted by atomic mass is 32.2. The summed E-state index contributed by atoms with van der Waals surface area (Å²) in [5.41, 5.74) is 0.977. The maximum atomic E-state index is 12.2. The van der Waals surface area contributed by atoms with Gasteiger partial charge in [-0.2, -0.15) is 4.72 Å². The first-order chi connectivity index (χ1) is 8.77. The van der Waals surface area contributed by atoms with E-state index in [1.807, 2.05) is 6.92 Å². The number of benzene rings is 1. The van der Waals surface area contributed by atoms with Crippen molar-refractivity contribution in [3.05, 3.63) is 29.8 Å². The molecule has 1 unspecified atom stereocenters. The Balaban J connectivity index is 3.00. The van der Waals surface area contributed by atoms with Gasteiger partial charge in [-0.05, 0) is 25.0 Å². The molecular formula is C13H20N2O3S. The van der Waals surface area contributed by atoms with E-state index in [2.05, 4.69) is 10.0 Å². The minimum Gasteiger partial charge on any atom is -0.358 e. The Bertz CT molecular complexity index is 536. The Labute approximate surface area is 114 Å². The molecule has 0 saturated heterocycles. The summed E-state index contributed by atoms with van der Waals surface area (Å²) in [5, 5.41) is 2.46. The monoisotopic (exact) mass is 284 g/mol. The minimum atomic E-state index is -3.69. The summed E-state index contributed by atoms with van der Waals surface area (Å²) in [6.45, 7) is 5.46. The van der Waals surface area contributed by atoms with Crippen LogP contribution in [0.3, 0.4) is 0 Å². The SMILES string of the molecule is CNC(=O)C(NS(=O)(=O)c1ccc(C)cc1)C(C)C. The molecular weight excluding hydrogens is 264 g/mol. The van der Waals surface area contributed by atoms with Crippen LogP contribution in [0.5, 0.6) is 0 Å². The van der Waals surface area contributed by atoms with Gasteiger partial charge in [0.25, 0.3) is 0 Å². The van der Waals surface area contributed by atoms with Crippen molar-refractivity contribution in [3.8, 4) is 0 Å². The van der Waals surface area contributed by atoms with Gasteiger partial charge >= 0.3 is 0 Å². The lowest BCUT2D eigenvalue weighted by Gasteiger charge is -2.20. The third-order valence-corrected chi connectivity index (χ3v) is 4.27. The van der Waals surface area contributed by atoms with E-state index in [0.29, 0.717) is 0 Å². The van der Waals surface area contributed by atoms with E-state index in [4.69, 9.17) is 0 Å². The van der Waals surface area contributed by atoms with Crippen molar-refractivity contribution in [3.63, 3.8) is 0 Å². The second kappa shape index (κ2) is 6.16. The maximum absolute atomic E-state index is 12.2. The molecule has 5 nitrogen and oxygen atoms in total. The third kappa shape index (κ3) is 4.04. The Kier molecular flexibility index (Phi) is 5.08. The zero-order chi connectivity index (χ0) is 14.6. The molecule has 0 aromatic heterocycles. The van der Waals surface area contributed by atoms with Gasteiger partial charge in [-0.1, -0.05) is 31.5 Å². The van der Waals surface area contributed by atoms with Crippen LogP contribution in [-0.4, -0.2) is 27.4 Å². The van der Waals surface area contributed by atoms with E-state index in [-0.39, 0.29) is 16.7 Å². The van der Waals surface area contributed by atoms with E-state index in [0.717, 1.165) is 5.56 Å². The maximum Gasteiger partial charge on any atom is 0.241 e. The fourth-order valence-corrected chi connectivity index (χ4v) is 2.94. The lowest BCUT2D eigenvalue weighted by atomic mass is 10.1. The number of aryl methyl sites for hydroxylation is 1. The molecule has 0 aliphatic carbocycles. The second-order valence-electron chi connectivity index (χ2n) is 4.77. The lowest BCUT2D eigenvalue weighted by Crippen LogP contribution is -2.48. The van der Waals surface area contributed by atoms with Crippen molar-refractivity contribution >= 4 is 15.9 Å². The summed E-state index contributed by atoms with van der Waals surface area (Å²) in [4.78, 5) is 11.8. The van der Waals surface area contributed by atoms with Crippen molar-refractivity contribution in [1.82, 2.24) is 10.0 Å². The van der Waals surface area contributed by atoms with E-state index < -0.39 is 16.1 Å². The minimum absolute atomic E-state index is 0.139.